The number of amides is 2. The van der Waals surface area contributed by atoms with E-state index in [-0.39, 0.29) is 24.9 Å². The molecular weight excluding hydrogens is 741 g/mol. The summed E-state index contributed by atoms with van der Waals surface area (Å²) in [7, 11) is 11.3. The molecule has 6 rings (SSSR count). The maximum Gasteiger partial charge on any atom is 0.286 e. The fourth-order valence-electron chi connectivity index (χ4n) is 5.85. The minimum absolute atomic E-state index is 0.0654. The Kier molecular flexibility index (Phi) is 14.0. The second-order valence-electron chi connectivity index (χ2n) is 13.3. The van der Waals surface area contributed by atoms with Gasteiger partial charge in [-0.3, -0.25) is 9.59 Å². The smallest absolute Gasteiger partial charge is 0.286 e. The van der Waals surface area contributed by atoms with Crippen LogP contribution in [0.25, 0.3) is 21.8 Å². The summed E-state index contributed by atoms with van der Waals surface area (Å²) in [5, 5.41) is 25.8. The number of nitrogens with zero attached hydrogens (tertiary/aromatic N) is 8. The monoisotopic (exact) mass is 786 g/mol. The van der Waals surface area contributed by atoms with Gasteiger partial charge in [0.05, 0.1) is 22.1 Å². The first-order valence-corrected chi connectivity index (χ1v) is 20.7. The Bertz CT molecular complexity index is 2170. The predicted molar refractivity (Wildman–Crippen MR) is 229 cm³/mol. The third-order valence-corrected chi connectivity index (χ3v) is 11.2. The summed E-state index contributed by atoms with van der Waals surface area (Å²) in [6, 6.07) is 35.3. The molecule has 0 radical (unpaired) electrons. The Morgan fingerprint density at radius 1 is 0.536 bits per heavy atom. The molecule has 0 aliphatic heterocycles. The van der Waals surface area contributed by atoms with Crippen LogP contribution in [-0.4, -0.2) is 64.6 Å². The van der Waals surface area contributed by atoms with Gasteiger partial charge < -0.3 is 20.4 Å². The number of fused-ring (bicyclic) bond motifs is 2. The Morgan fingerprint density at radius 2 is 0.929 bits per heavy atom. The molecule has 0 bridgehead atoms. The minimum Gasteiger partial charge on any atom is -0.378 e. The van der Waals surface area contributed by atoms with Gasteiger partial charge in [0.1, 0.15) is 11.4 Å². The largest absolute Gasteiger partial charge is 0.378 e. The molecule has 0 saturated heterocycles. The van der Waals surface area contributed by atoms with E-state index >= 15 is 0 Å². The fraction of sp³-hybridized carbons (Fsp3) is 0.238. The van der Waals surface area contributed by atoms with E-state index in [0.29, 0.717) is 13.1 Å². The van der Waals surface area contributed by atoms with Crippen LogP contribution in [0.5, 0.6) is 0 Å². The summed E-state index contributed by atoms with van der Waals surface area (Å²) in [6.07, 6.45) is 3.75. The summed E-state index contributed by atoms with van der Waals surface area (Å²) < 4.78 is 3.85. The first-order valence-electron chi connectivity index (χ1n) is 18.2. The highest BCUT2D eigenvalue weighted by Crippen LogP contribution is 2.28. The zero-order chi connectivity index (χ0) is 39.3. The first-order chi connectivity index (χ1) is 27.2. The second-order valence-corrected chi connectivity index (χ2v) is 16.0. The Balaban J connectivity index is 0.907. The highest BCUT2D eigenvalue weighted by atomic mass is 33.1. The third kappa shape index (κ3) is 10.9. The predicted octanol–water partition coefficient (Wildman–Crippen LogP) is 7.84. The van der Waals surface area contributed by atoms with Crippen molar-refractivity contribution >= 4 is 89.3 Å². The highest BCUT2D eigenvalue weighted by molar-refractivity contribution is 8.76. The van der Waals surface area contributed by atoms with Crippen molar-refractivity contribution in [3.8, 4) is 0 Å². The summed E-state index contributed by atoms with van der Waals surface area (Å²) in [4.78, 5) is 29.8. The Hall–Kier alpha value is -5.86. The normalized spacial score (nSPS) is 11.4. The molecule has 2 aromatic heterocycles. The molecule has 0 fully saturated rings. The topological polar surface area (TPSA) is 122 Å². The zero-order valence-electron chi connectivity index (χ0n) is 32.0. The van der Waals surface area contributed by atoms with Gasteiger partial charge in [-0.1, -0.05) is 45.9 Å². The van der Waals surface area contributed by atoms with E-state index in [1.807, 2.05) is 169 Å². The number of hydrogen-bond acceptors (Lipinski definition) is 10. The number of rotatable bonds is 17. The maximum absolute atomic E-state index is 12.9. The molecule has 0 atom stereocenters. The summed E-state index contributed by atoms with van der Waals surface area (Å²) >= 11 is 0. The third-order valence-electron chi connectivity index (χ3n) is 8.81. The van der Waals surface area contributed by atoms with Crippen LogP contribution in [0.15, 0.2) is 142 Å². The molecular formula is C42H46N10O2S2+2. The molecule has 12 nitrogen and oxygen atoms in total. The maximum atomic E-state index is 12.9. The van der Waals surface area contributed by atoms with Gasteiger partial charge in [-0.05, 0) is 60.7 Å². The number of carbonyl (C=O) groups is 2. The molecule has 0 aliphatic rings. The quantitative estimate of drug-likeness (QED) is 0.0421. The number of benzene rings is 4. The van der Waals surface area contributed by atoms with Crippen molar-refractivity contribution < 1.29 is 18.7 Å². The lowest BCUT2D eigenvalue weighted by atomic mass is 10.2. The summed E-state index contributed by atoms with van der Waals surface area (Å²) in [5.74, 6) is 1.36. The van der Waals surface area contributed by atoms with Crippen LogP contribution in [-0.2, 0) is 22.7 Å². The molecule has 2 heterocycles. The molecule has 0 unspecified atom stereocenters. The zero-order valence-corrected chi connectivity index (χ0v) is 33.6. The Labute approximate surface area is 335 Å². The lowest BCUT2D eigenvalue weighted by Crippen LogP contribution is -2.43. The van der Waals surface area contributed by atoms with Gasteiger partial charge in [0.25, 0.3) is 11.8 Å². The van der Waals surface area contributed by atoms with E-state index in [1.165, 1.54) is 0 Å². The van der Waals surface area contributed by atoms with Gasteiger partial charge in [-0.15, -0.1) is 10.2 Å². The van der Waals surface area contributed by atoms with E-state index in [0.717, 1.165) is 67.4 Å². The molecule has 2 N–H and O–H groups in total. The number of azo groups is 2. The second kappa shape index (κ2) is 19.6. The van der Waals surface area contributed by atoms with Crippen LogP contribution in [0.4, 0.5) is 34.1 Å². The summed E-state index contributed by atoms with van der Waals surface area (Å²) in [6.45, 7) is 1.48. The van der Waals surface area contributed by atoms with Gasteiger partial charge in [0, 0.05) is 88.4 Å². The van der Waals surface area contributed by atoms with E-state index < -0.39 is 0 Å². The number of carbonyl (C=O) groups excluding carboxylic acids is 2. The first kappa shape index (κ1) is 39.8. The van der Waals surface area contributed by atoms with Gasteiger partial charge in [0.15, 0.2) is 12.4 Å². The van der Waals surface area contributed by atoms with Gasteiger partial charge >= 0.3 is 0 Å². The van der Waals surface area contributed by atoms with Crippen LogP contribution >= 0.6 is 21.6 Å². The average Bonchev–Trinajstić information content (AvgIpc) is 3.21. The number of aromatic nitrogens is 2. The van der Waals surface area contributed by atoms with Crippen molar-refractivity contribution in [2.45, 2.75) is 13.1 Å². The van der Waals surface area contributed by atoms with Crippen molar-refractivity contribution in [1.29, 1.82) is 0 Å². The van der Waals surface area contributed by atoms with Crippen molar-refractivity contribution in [1.82, 2.24) is 10.6 Å². The number of nitrogens with one attached hydrogen (secondary N) is 2. The molecule has 2 amide bonds. The molecule has 14 heteroatoms. The van der Waals surface area contributed by atoms with Crippen LogP contribution in [0.2, 0.25) is 0 Å². The number of hydrogen-bond donors (Lipinski definition) is 2. The summed E-state index contributed by atoms with van der Waals surface area (Å²) in [5.41, 5.74) is 7.01. The van der Waals surface area contributed by atoms with Crippen molar-refractivity contribution in [3.63, 3.8) is 0 Å². The van der Waals surface area contributed by atoms with Crippen molar-refractivity contribution in [3.05, 3.63) is 122 Å². The van der Waals surface area contributed by atoms with Gasteiger partial charge in [-0.2, -0.15) is 19.4 Å². The molecule has 286 valence electrons. The number of para-hydroxylation sites is 2. The minimum atomic E-state index is -0.0654. The molecule has 0 saturated carbocycles. The standard InChI is InChI=1S/C42H44N10O2S2/c1-49(2)33-17-13-31(14-18-33)45-47-37-21-25-51(39-11-7-5-9-35(37)39)29-41(53)43-23-27-55-56-28-24-44-42(54)30-52-26-22-38(36-10-6-8-12-40(36)52)48-46-32-15-19-34(20-16-32)50(3)4/h5-22,25-26H,23-24,27-30H2,1-4H3/p+2. The van der Waals surface area contributed by atoms with Crippen LogP contribution in [0, 0.1) is 0 Å². The fourth-order valence-corrected chi connectivity index (χ4v) is 7.67. The SMILES string of the molecule is CN(C)c1ccc(N=Nc2cc[n+](CC(=O)NCCSSCCNC(=O)C[n+]3ccc(N=Nc4ccc(N(C)C)cc4)c4ccccc43)c3ccccc23)cc1. The lowest BCUT2D eigenvalue weighted by molar-refractivity contribution is -0.658. The average molecular weight is 787 g/mol. The highest BCUT2D eigenvalue weighted by Gasteiger charge is 2.17. The van der Waals surface area contributed by atoms with Crippen LogP contribution in [0.1, 0.15) is 0 Å². The van der Waals surface area contributed by atoms with Gasteiger partial charge in [0.2, 0.25) is 24.1 Å². The number of pyridine rings is 2. The van der Waals surface area contributed by atoms with Crippen molar-refractivity contribution in [2.75, 3.05) is 62.6 Å². The van der Waals surface area contributed by atoms with Crippen LogP contribution in [0.3, 0.4) is 0 Å². The number of anilines is 2. The lowest BCUT2D eigenvalue weighted by Gasteiger charge is -2.11. The Morgan fingerprint density at radius 3 is 1.32 bits per heavy atom. The van der Waals surface area contributed by atoms with Crippen LogP contribution < -0.4 is 29.6 Å². The van der Waals surface area contributed by atoms with E-state index in [4.69, 9.17) is 0 Å². The molecule has 56 heavy (non-hydrogen) atoms. The molecule has 4 aromatic carbocycles. The molecule has 0 aliphatic carbocycles. The van der Waals surface area contributed by atoms with Crippen molar-refractivity contribution in [2.24, 2.45) is 20.5 Å². The van der Waals surface area contributed by atoms with E-state index in [9.17, 15) is 9.59 Å². The molecule has 6 aromatic rings. The molecule has 0 spiro atoms. The van der Waals surface area contributed by atoms with Gasteiger partial charge in [-0.25, -0.2) is 0 Å². The van der Waals surface area contributed by atoms with E-state index in [1.54, 1.807) is 21.6 Å². The van der Waals surface area contributed by atoms with E-state index in [2.05, 4.69) is 31.1 Å².